The third-order valence-electron chi connectivity index (χ3n) is 5.92. The maximum atomic E-state index is 6.24. The lowest BCUT2D eigenvalue weighted by Crippen LogP contribution is -2.41. The molecule has 1 aromatic carbocycles. The van der Waals surface area contributed by atoms with Crippen molar-refractivity contribution in [3.63, 3.8) is 0 Å². The van der Waals surface area contributed by atoms with Gasteiger partial charge in [0.05, 0.1) is 11.2 Å². The molecule has 1 heterocycles. The maximum absolute atomic E-state index is 6.24. The lowest BCUT2D eigenvalue weighted by molar-refractivity contribution is 0.00578. The Morgan fingerprint density at radius 2 is 1.40 bits per heavy atom. The van der Waals surface area contributed by atoms with E-state index in [4.69, 9.17) is 9.31 Å². The second-order valence-corrected chi connectivity index (χ2v) is 8.65. The summed E-state index contributed by atoms with van der Waals surface area (Å²) < 4.78 is 12.5. The zero-order valence-electron chi connectivity index (χ0n) is 17.3. The minimum Gasteiger partial charge on any atom is -0.399 e. The van der Waals surface area contributed by atoms with E-state index < -0.39 is 0 Å². The fourth-order valence-electron chi connectivity index (χ4n) is 3.36. The molecule has 2 nitrogen and oxygen atoms in total. The summed E-state index contributed by atoms with van der Waals surface area (Å²) in [7, 11) is -0.251. The molecule has 0 aliphatic carbocycles. The molecule has 0 unspecified atom stereocenters. The Morgan fingerprint density at radius 1 is 0.840 bits per heavy atom. The highest BCUT2D eigenvalue weighted by molar-refractivity contribution is 6.62. The van der Waals surface area contributed by atoms with E-state index in [1.54, 1.807) is 0 Å². The van der Waals surface area contributed by atoms with Crippen LogP contribution in [0.4, 0.5) is 0 Å². The van der Waals surface area contributed by atoms with E-state index in [1.807, 2.05) is 0 Å². The summed E-state index contributed by atoms with van der Waals surface area (Å²) in [6.07, 6.45) is 10.6. The van der Waals surface area contributed by atoms with Gasteiger partial charge in [-0.05, 0) is 58.5 Å². The molecule has 0 amide bonds. The van der Waals surface area contributed by atoms with Crippen LogP contribution in [-0.2, 0) is 15.7 Å². The Kier molecular flexibility index (Phi) is 7.16. The number of rotatable bonds is 9. The van der Waals surface area contributed by atoms with E-state index in [-0.39, 0.29) is 18.3 Å². The van der Waals surface area contributed by atoms with Crippen LogP contribution in [0.1, 0.15) is 90.7 Å². The van der Waals surface area contributed by atoms with Crippen LogP contribution in [0.25, 0.3) is 0 Å². The number of aryl methyl sites for hydroxylation is 2. The molecule has 1 aliphatic heterocycles. The second kappa shape index (κ2) is 8.73. The fourth-order valence-corrected chi connectivity index (χ4v) is 3.36. The fraction of sp³-hybridized carbons (Fsp3) is 0.727. The number of benzene rings is 1. The van der Waals surface area contributed by atoms with Gasteiger partial charge in [-0.15, -0.1) is 0 Å². The molecular formula is C22H37BO2. The SMILES string of the molecule is CCCCCCCCCc1ccc(C)c(B2OC(C)(C)C(C)(C)O2)c1. The van der Waals surface area contributed by atoms with Crippen LogP contribution in [0.5, 0.6) is 0 Å². The van der Waals surface area contributed by atoms with E-state index in [2.05, 4.69) is 59.7 Å². The van der Waals surface area contributed by atoms with Crippen molar-refractivity contribution in [3.8, 4) is 0 Å². The van der Waals surface area contributed by atoms with Crippen molar-refractivity contribution >= 4 is 12.6 Å². The summed E-state index contributed by atoms with van der Waals surface area (Å²) in [5, 5.41) is 0. The number of unbranched alkanes of at least 4 members (excludes halogenated alkanes) is 6. The van der Waals surface area contributed by atoms with Gasteiger partial charge in [-0.1, -0.05) is 69.2 Å². The number of hydrogen-bond donors (Lipinski definition) is 0. The van der Waals surface area contributed by atoms with Crippen molar-refractivity contribution in [2.75, 3.05) is 0 Å². The first-order valence-electron chi connectivity index (χ1n) is 10.2. The van der Waals surface area contributed by atoms with Gasteiger partial charge in [-0.2, -0.15) is 0 Å². The van der Waals surface area contributed by atoms with Gasteiger partial charge in [-0.3, -0.25) is 0 Å². The summed E-state index contributed by atoms with van der Waals surface area (Å²) in [6, 6.07) is 6.78. The normalized spacial score (nSPS) is 18.7. The quantitative estimate of drug-likeness (QED) is 0.430. The number of hydrogen-bond acceptors (Lipinski definition) is 2. The summed E-state index contributed by atoms with van der Waals surface area (Å²) in [5.74, 6) is 0. The van der Waals surface area contributed by atoms with Gasteiger partial charge >= 0.3 is 7.12 Å². The van der Waals surface area contributed by atoms with E-state index in [1.165, 1.54) is 61.5 Å². The van der Waals surface area contributed by atoms with E-state index in [0.29, 0.717) is 0 Å². The molecular weight excluding hydrogens is 307 g/mol. The Bertz CT molecular complexity index is 535. The highest BCUT2D eigenvalue weighted by Gasteiger charge is 2.52. The van der Waals surface area contributed by atoms with Gasteiger partial charge in [-0.25, -0.2) is 0 Å². The van der Waals surface area contributed by atoms with Gasteiger partial charge in [0, 0.05) is 0 Å². The molecule has 0 N–H and O–H groups in total. The monoisotopic (exact) mass is 344 g/mol. The van der Waals surface area contributed by atoms with E-state index >= 15 is 0 Å². The minimum atomic E-state index is -0.279. The molecule has 1 fully saturated rings. The predicted molar refractivity (Wildman–Crippen MR) is 109 cm³/mol. The average molecular weight is 344 g/mol. The Balaban J connectivity index is 1.90. The molecule has 1 saturated heterocycles. The third-order valence-corrected chi connectivity index (χ3v) is 5.92. The average Bonchev–Trinajstić information content (AvgIpc) is 2.76. The van der Waals surface area contributed by atoms with Crippen LogP contribution < -0.4 is 5.46 Å². The molecule has 0 spiro atoms. The van der Waals surface area contributed by atoms with E-state index in [0.717, 1.165) is 6.42 Å². The Hall–Kier alpha value is -0.795. The zero-order valence-corrected chi connectivity index (χ0v) is 17.3. The Labute approximate surface area is 155 Å². The maximum Gasteiger partial charge on any atom is 0.495 e. The first-order valence-corrected chi connectivity index (χ1v) is 10.2. The topological polar surface area (TPSA) is 18.5 Å². The highest BCUT2D eigenvalue weighted by atomic mass is 16.7. The smallest absolute Gasteiger partial charge is 0.399 e. The molecule has 0 bridgehead atoms. The summed E-state index contributed by atoms with van der Waals surface area (Å²) in [5.41, 5.74) is 3.29. The van der Waals surface area contributed by atoms with Crippen LogP contribution in [0, 0.1) is 6.92 Å². The molecule has 140 valence electrons. The molecule has 2 rings (SSSR count). The summed E-state index contributed by atoms with van der Waals surface area (Å²) in [4.78, 5) is 0. The summed E-state index contributed by atoms with van der Waals surface area (Å²) >= 11 is 0. The molecule has 0 atom stereocenters. The molecule has 1 aromatic rings. The predicted octanol–water partition coefficient (Wildman–Crippen LogP) is 5.59. The van der Waals surface area contributed by atoms with Crippen molar-refractivity contribution in [2.45, 2.75) is 104 Å². The van der Waals surface area contributed by atoms with Gasteiger partial charge in [0.25, 0.3) is 0 Å². The highest BCUT2D eigenvalue weighted by Crippen LogP contribution is 2.36. The first-order chi connectivity index (χ1) is 11.8. The lowest BCUT2D eigenvalue weighted by Gasteiger charge is -2.32. The van der Waals surface area contributed by atoms with Crippen LogP contribution in [-0.4, -0.2) is 18.3 Å². The van der Waals surface area contributed by atoms with Crippen molar-refractivity contribution in [1.29, 1.82) is 0 Å². The minimum absolute atomic E-state index is 0.251. The van der Waals surface area contributed by atoms with Gasteiger partial charge in [0.2, 0.25) is 0 Å². The molecule has 25 heavy (non-hydrogen) atoms. The van der Waals surface area contributed by atoms with Crippen LogP contribution in [0.15, 0.2) is 18.2 Å². The van der Waals surface area contributed by atoms with Crippen LogP contribution in [0.2, 0.25) is 0 Å². The van der Waals surface area contributed by atoms with Gasteiger partial charge < -0.3 is 9.31 Å². The van der Waals surface area contributed by atoms with Crippen molar-refractivity contribution in [1.82, 2.24) is 0 Å². The van der Waals surface area contributed by atoms with E-state index in [9.17, 15) is 0 Å². The first kappa shape index (κ1) is 20.5. The van der Waals surface area contributed by atoms with Crippen LogP contribution >= 0.6 is 0 Å². The van der Waals surface area contributed by atoms with Crippen LogP contribution in [0.3, 0.4) is 0 Å². The van der Waals surface area contributed by atoms with Crippen molar-refractivity contribution < 1.29 is 9.31 Å². The molecule has 0 aromatic heterocycles. The standard InChI is InChI=1S/C22H37BO2/c1-7-8-9-10-11-12-13-14-19-16-15-18(2)20(17-19)23-24-21(3,4)22(5,6)25-23/h15-17H,7-14H2,1-6H3. The molecule has 0 radical (unpaired) electrons. The Morgan fingerprint density at radius 3 is 2.00 bits per heavy atom. The van der Waals surface area contributed by atoms with Crippen molar-refractivity contribution in [3.05, 3.63) is 29.3 Å². The molecule has 3 heteroatoms. The summed E-state index contributed by atoms with van der Waals surface area (Å²) in [6.45, 7) is 12.9. The van der Waals surface area contributed by atoms with Gasteiger partial charge in [0.1, 0.15) is 0 Å². The van der Waals surface area contributed by atoms with Crippen molar-refractivity contribution in [2.24, 2.45) is 0 Å². The largest absolute Gasteiger partial charge is 0.495 e. The molecule has 0 saturated carbocycles. The van der Waals surface area contributed by atoms with Gasteiger partial charge in [0.15, 0.2) is 0 Å². The zero-order chi connectivity index (χ0) is 18.5. The lowest BCUT2D eigenvalue weighted by atomic mass is 9.75. The third kappa shape index (κ3) is 5.34. The molecule has 1 aliphatic rings. The second-order valence-electron chi connectivity index (χ2n) is 8.65.